The van der Waals surface area contributed by atoms with Crippen molar-refractivity contribution >= 4 is 16.5 Å². The standard InChI is InChI=1S/C19H14N2O2/c20-13-17(14-8-10-18(11-9-14)21(22)23)12-16-6-3-5-15-4-1-2-7-19(15)16/h1-11,17H,12H2. The predicted molar refractivity (Wildman–Crippen MR) is 89.1 cm³/mol. The van der Waals surface area contributed by atoms with Crippen LogP contribution >= 0.6 is 0 Å². The van der Waals surface area contributed by atoms with Crippen LogP contribution in [-0.2, 0) is 6.42 Å². The summed E-state index contributed by atoms with van der Waals surface area (Å²) in [5.41, 5.74) is 1.94. The quantitative estimate of drug-likeness (QED) is 0.522. The molecule has 0 aliphatic rings. The molecule has 112 valence electrons. The third-order valence-corrected chi connectivity index (χ3v) is 3.97. The maximum atomic E-state index is 10.7. The highest BCUT2D eigenvalue weighted by Gasteiger charge is 2.14. The van der Waals surface area contributed by atoms with Crippen LogP contribution in [0.25, 0.3) is 10.8 Å². The first-order chi connectivity index (χ1) is 11.2. The van der Waals surface area contributed by atoms with Gasteiger partial charge in [0.15, 0.2) is 0 Å². The molecule has 1 atom stereocenters. The van der Waals surface area contributed by atoms with E-state index in [-0.39, 0.29) is 11.6 Å². The monoisotopic (exact) mass is 302 g/mol. The van der Waals surface area contributed by atoms with E-state index in [1.165, 1.54) is 12.1 Å². The Morgan fingerprint density at radius 3 is 2.39 bits per heavy atom. The molecule has 0 aliphatic heterocycles. The summed E-state index contributed by atoms with van der Waals surface area (Å²) in [7, 11) is 0. The highest BCUT2D eigenvalue weighted by Crippen LogP contribution is 2.26. The third-order valence-electron chi connectivity index (χ3n) is 3.97. The number of benzene rings is 3. The van der Waals surface area contributed by atoms with Gasteiger partial charge in [-0.05, 0) is 28.3 Å². The largest absolute Gasteiger partial charge is 0.269 e. The zero-order chi connectivity index (χ0) is 16.2. The Morgan fingerprint density at radius 1 is 1.00 bits per heavy atom. The molecule has 1 unspecified atom stereocenters. The molecule has 23 heavy (non-hydrogen) atoms. The van der Waals surface area contributed by atoms with Gasteiger partial charge in [-0.3, -0.25) is 10.1 Å². The van der Waals surface area contributed by atoms with Crippen molar-refractivity contribution in [3.63, 3.8) is 0 Å². The Balaban J connectivity index is 1.92. The lowest BCUT2D eigenvalue weighted by Gasteiger charge is -2.12. The van der Waals surface area contributed by atoms with Crippen molar-refractivity contribution in [2.75, 3.05) is 0 Å². The van der Waals surface area contributed by atoms with Gasteiger partial charge in [-0.25, -0.2) is 0 Å². The zero-order valence-corrected chi connectivity index (χ0v) is 12.3. The molecule has 0 bridgehead atoms. The first-order valence-corrected chi connectivity index (χ1v) is 7.29. The van der Waals surface area contributed by atoms with Crippen LogP contribution in [0.3, 0.4) is 0 Å². The first kappa shape index (κ1) is 14.7. The zero-order valence-electron chi connectivity index (χ0n) is 12.3. The Hall–Kier alpha value is -3.19. The fourth-order valence-electron chi connectivity index (χ4n) is 2.76. The lowest BCUT2D eigenvalue weighted by Crippen LogP contribution is -2.01. The van der Waals surface area contributed by atoms with E-state index in [0.29, 0.717) is 6.42 Å². The molecule has 3 rings (SSSR count). The number of non-ortho nitro benzene ring substituents is 1. The molecule has 0 N–H and O–H groups in total. The van der Waals surface area contributed by atoms with Gasteiger partial charge in [-0.2, -0.15) is 5.26 Å². The SMILES string of the molecule is N#CC(Cc1cccc2ccccc12)c1ccc([N+](=O)[O-])cc1. The second-order valence-electron chi connectivity index (χ2n) is 5.37. The Morgan fingerprint density at radius 2 is 1.70 bits per heavy atom. The summed E-state index contributed by atoms with van der Waals surface area (Å²) in [6.07, 6.45) is 0.579. The van der Waals surface area contributed by atoms with E-state index in [1.54, 1.807) is 12.1 Å². The number of fused-ring (bicyclic) bond motifs is 1. The molecule has 0 aliphatic carbocycles. The van der Waals surface area contributed by atoms with Gasteiger partial charge in [0, 0.05) is 12.1 Å². The molecular weight excluding hydrogens is 288 g/mol. The van der Waals surface area contributed by atoms with E-state index in [9.17, 15) is 15.4 Å². The number of nitrogens with zero attached hydrogens (tertiary/aromatic N) is 2. The summed E-state index contributed by atoms with van der Waals surface area (Å²) in [4.78, 5) is 10.3. The second kappa shape index (κ2) is 6.29. The van der Waals surface area contributed by atoms with E-state index >= 15 is 0 Å². The van der Waals surface area contributed by atoms with E-state index in [4.69, 9.17) is 0 Å². The van der Waals surface area contributed by atoms with Crippen molar-refractivity contribution in [2.45, 2.75) is 12.3 Å². The van der Waals surface area contributed by atoms with Gasteiger partial charge >= 0.3 is 0 Å². The minimum Gasteiger partial charge on any atom is -0.258 e. The van der Waals surface area contributed by atoms with Crippen molar-refractivity contribution in [2.24, 2.45) is 0 Å². The molecular formula is C19H14N2O2. The number of nitriles is 1. The van der Waals surface area contributed by atoms with Crippen LogP contribution in [-0.4, -0.2) is 4.92 Å². The summed E-state index contributed by atoms with van der Waals surface area (Å²) < 4.78 is 0. The van der Waals surface area contributed by atoms with Gasteiger partial charge in [-0.15, -0.1) is 0 Å². The van der Waals surface area contributed by atoms with E-state index in [1.807, 2.05) is 36.4 Å². The molecule has 0 spiro atoms. The van der Waals surface area contributed by atoms with E-state index in [0.717, 1.165) is 21.9 Å². The fraction of sp³-hybridized carbons (Fsp3) is 0.105. The lowest BCUT2D eigenvalue weighted by molar-refractivity contribution is -0.384. The minimum atomic E-state index is -0.435. The van der Waals surface area contributed by atoms with Crippen molar-refractivity contribution in [1.29, 1.82) is 5.26 Å². The van der Waals surface area contributed by atoms with Crippen LogP contribution in [0.5, 0.6) is 0 Å². The van der Waals surface area contributed by atoms with Crippen LogP contribution in [0.4, 0.5) is 5.69 Å². The fourth-order valence-corrected chi connectivity index (χ4v) is 2.76. The molecule has 0 heterocycles. The van der Waals surface area contributed by atoms with Crippen molar-refractivity contribution in [3.05, 3.63) is 88.0 Å². The summed E-state index contributed by atoms with van der Waals surface area (Å²) in [6, 6.07) is 22.7. The highest BCUT2D eigenvalue weighted by atomic mass is 16.6. The van der Waals surface area contributed by atoms with Crippen LogP contribution in [0.1, 0.15) is 17.0 Å². The van der Waals surface area contributed by atoms with Gasteiger partial charge in [0.1, 0.15) is 0 Å². The second-order valence-corrected chi connectivity index (χ2v) is 5.37. The molecule has 0 saturated carbocycles. The lowest BCUT2D eigenvalue weighted by atomic mass is 9.90. The molecule has 0 aromatic heterocycles. The number of nitro benzene ring substituents is 1. The van der Waals surface area contributed by atoms with Crippen molar-refractivity contribution < 1.29 is 4.92 Å². The summed E-state index contributed by atoms with van der Waals surface area (Å²) in [5, 5.41) is 22.5. The van der Waals surface area contributed by atoms with Crippen LogP contribution in [0, 0.1) is 21.4 Å². The Bertz CT molecular complexity index is 890. The molecule has 0 fully saturated rings. The topological polar surface area (TPSA) is 66.9 Å². The van der Waals surface area contributed by atoms with Crippen molar-refractivity contribution in [1.82, 2.24) is 0 Å². The van der Waals surface area contributed by atoms with Crippen LogP contribution in [0.2, 0.25) is 0 Å². The summed E-state index contributed by atoms with van der Waals surface area (Å²) in [6.45, 7) is 0. The van der Waals surface area contributed by atoms with Gasteiger partial charge < -0.3 is 0 Å². The summed E-state index contributed by atoms with van der Waals surface area (Å²) >= 11 is 0. The first-order valence-electron chi connectivity index (χ1n) is 7.29. The van der Waals surface area contributed by atoms with Crippen LogP contribution in [0.15, 0.2) is 66.7 Å². The summed E-state index contributed by atoms with van der Waals surface area (Å²) in [5.74, 6) is -0.332. The molecule has 0 amide bonds. The number of rotatable bonds is 4. The third kappa shape index (κ3) is 3.04. The van der Waals surface area contributed by atoms with E-state index < -0.39 is 4.92 Å². The maximum absolute atomic E-state index is 10.7. The van der Waals surface area contributed by atoms with Gasteiger partial charge in [-0.1, -0.05) is 54.6 Å². The Labute approximate surface area is 133 Å². The molecule has 0 saturated heterocycles. The number of hydrogen-bond acceptors (Lipinski definition) is 3. The van der Waals surface area contributed by atoms with Crippen LogP contribution < -0.4 is 0 Å². The van der Waals surface area contributed by atoms with E-state index in [2.05, 4.69) is 12.1 Å². The molecule has 0 radical (unpaired) electrons. The smallest absolute Gasteiger partial charge is 0.258 e. The molecule has 3 aromatic carbocycles. The predicted octanol–water partition coefficient (Wildman–Crippen LogP) is 4.60. The number of nitro groups is 1. The Kier molecular flexibility index (Phi) is 4.03. The average molecular weight is 302 g/mol. The molecule has 3 aromatic rings. The minimum absolute atomic E-state index is 0.0376. The van der Waals surface area contributed by atoms with Crippen molar-refractivity contribution in [3.8, 4) is 6.07 Å². The average Bonchev–Trinajstić information content (AvgIpc) is 2.60. The highest BCUT2D eigenvalue weighted by molar-refractivity contribution is 5.85. The van der Waals surface area contributed by atoms with Gasteiger partial charge in [0.05, 0.1) is 16.9 Å². The maximum Gasteiger partial charge on any atom is 0.269 e. The molecule has 4 nitrogen and oxygen atoms in total. The molecule has 4 heteroatoms. The number of hydrogen-bond donors (Lipinski definition) is 0. The van der Waals surface area contributed by atoms with Gasteiger partial charge in [0.25, 0.3) is 5.69 Å². The van der Waals surface area contributed by atoms with Gasteiger partial charge in [0.2, 0.25) is 0 Å². The normalized spacial score (nSPS) is 11.8.